The normalized spacial score (nSPS) is 27.6. The van der Waals surface area contributed by atoms with E-state index in [2.05, 4.69) is 20.9 Å². The van der Waals surface area contributed by atoms with Gasteiger partial charge in [0.15, 0.2) is 0 Å². The van der Waals surface area contributed by atoms with Gasteiger partial charge in [-0.25, -0.2) is 8.78 Å². The zero-order chi connectivity index (χ0) is 53.4. The Labute approximate surface area is 434 Å². The number of alkyl halides is 5. The summed E-state index contributed by atoms with van der Waals surface area (Å²) in [6.07, 6.45) is -8.69. The van der Waals surface area contributed by atoms with Crippen LogP contribution in [0.1, 0.15) is 103 Å². The summed E-state index contributed by atoms with van der Waals surface area (Å²) >= 11 is 12.9. The molecule has 5 aliphatic rings. The van der Waals surface area contributed by atoms with E-state index in [1.165, 1.54) is 26.2 Å². The van der Waals surface area contributed by atoms with E-state index >= 15 is 8.78 Å². The van der Waals surface area contributed by atoms with E-state index in [-0.39, 0.29) is 75.3 Å². The summed E-state index contributed by atoms with van der Waals surface area (Å²) in [7, 11) is 2.72. The minimum atomic E-state index is -4.95. The number of nitrogens with one attached hydrogen (secondary N) is 3. The molecule has 1 aromatic rings. The van der Waals surface area contributed by atoms with Crippen molar-refractivity contribution in [1.29, 1.82) is 0 Å². The number of hydrogen-bond donors (Lipinski definition) is 3. The van der Waals surface area contributed by atoms with E-state index in [0.29, 0.717) is 61.2 Å². The second-order valence-electron chi connectivity index (χ2n) is 20.8. The van der Waals surface area contributed by atoms with Gasteiger partial charge < -0.3 is 40.3 Å². The van der Waals surface area contributed by atoms with Crippen LogP contribution in [0.2, 0.25) is 10.0 Å². The largest absolute Gasteiger partial charge is 0.403 e. The molecule has 0 aromatic heterocycles. The highest BCUT2D eigenvalue weighted by Gasteiger charge is 2.63. The Hall–Kier alpha value is -4.34. The molecule has 0 spiro atoms. The zero-order valence-electron chi connectivity index (χ0n) is 42.1. The van der Waals surface area contributed by atoms with Crippen molar-refractivity contribution in [3.05, 3.63) is 33.8 Å². The quantitative estimate of drug-likeness (QED) is 0.229. The number of hydrogen-bond acceptors (Lipinski definition) is 9. The highest BCUT2D eigenvalue weighted by Crippen LogP contribution is 2.51. The van der Waals surface area contributed by atoms with Gasteiger partial charge in [-0.3, -0.25) is 38.5 Å². The van der Waals surface area contributed by atoms with Crippen LogP contribution in [-0.4, -0.2) is 187 Å². The van der Waals surface area contributed by atoms with Crippen molar-refractivity contribution >= 4 is 64.6 Å². The van der Waals surface area contributed by atoms with E-state index in [0.717, 1.165) is 14.7 Å². The number of amides is 7. The molecule has 5 fully saturated rings. The van der Waals surface area contributed by atoms with Crippen LogP contribution in [0.3, 0.4) is 0 Å². The Morgan fingerprint density at radius 1 is 0.932 bits per heavy atom. The average molecular weight is 1080 g/mol. The fourth-order valence-electron chi connectivity index (χ4n) is 11.0. The number of carbonyl (C=O) groups is 7. The van der Waals surface area contributed by atoms with Gasteiger partial charge in [-0.15, -0.1) is 0 Å². The lowest BCUT2D eigenvalue weighted by atomic mass is 9.72. The summed E-state index contributed by atoms with van der Waals surface area (Å²) in [5.41, 5.74) is -2.39. The van der Waals surface area contributed by atoms with Crippen LogP contribution in [0.15, 0.2) is 18.2 Å². The van der Waals surface area contributed by atoms with Crippen LogP contribution in [0.25, 0.3) is 0 Å². The molecule has 4 heterocycles. The van der Waals surface area contributed by atoms with Gasteiger partial charge in [-0.2, -0.15) is 13.2 Å². The van der Waals surface area contributed by atoms with E-state index in [1.54, 1.807) is 6.07 Å². The fourth-order valence-corrected chi connectivity index (χ4v) is 11.4. The SMILES string of the molecule is CC(C)C[C@@H]1NC(=O)[C@@H](N(C)C(=O)[C@H](CCCN2CCOCC2)NC(=O)[C@@H]2C[C@@H](F)CN2C(=O)C2(C(F)(F)F)CCCCC2)CCCCNC(=O)[C@H]2C[C@@H](F)CN2C(=O)[C@H](Cc2cc(Cl)ccc2Cl)N(C)C1=O. The van der Waals surface area contributed by atoms with Gasteiger partial charge in [0.2, 0.25) is 41.4 Å². The van der Waals surface area contributed by atoms with E-state index in [1.807, 2.05) is 13.8 Å². The van der Waals surface area contributed by atoms with Crippen molar-refractivity contribution in [2.24, 2.45) is 11.3 Å². The van der Waals surface area contributed by atoms with Gasteiger partial charge in [0.25, 0.3) is 0 Å². The number of benzene rings is 1. The van der Waals surface area contributed by atoms with Crippen molar-refractivity contribution in [2.75, 3.05) is 66.6 Å². The van der Waals surface area contributed by atoms with Crippen LogP contribution in [-0.2, 0) is 44.7 Å². The third-order valence-electron chi connectivity index (χ3n) is 15.2. The number of morpholine rings is 1. The van der Waals surface area contributed by atoms with Gasteiger partial charge in [-0.05, 0) is 87.6 Å². The molecule has 1 aliphatic carbocycles. The van der Waals surface area contributed by atoms with Gasteiger partial charge >= 0.3 is 6.18 Å². The molecule has 0 radical (unpaired) electrons. The van der Waals surface area contributed by atoms with E-state index in [9.17, 15) is 46.7 Å². The maximum absolute atomic E-state index is 15.3. The van der Waals surface area contributed by atoms with Crippen molar-refractivity contribution < 1.29 is 60.3 Å². The molecule has 8 atom stereocenters. The van der Waals surface area contributed by atoms with E-state index in [4.69, 9.17) is 27.9 Å². The standard InChI is InChI=1S/C50H71Cl2F5N8O8/c1-30(2)23-37-46(70)62(4)41(25-31-24-32(51)13-14-35(31)52)47(71)64-28-33(53)26-39(64)42(66)58-17-9-6-12-38(43(67)60-37)61(3)45(69)36(11-10-18-63-19-21-73-22-20-63)59-44(68)40-27-34(54)29-65(40)48(72)49(50(55,56)57)15-7-5-8-16-49/h13-14,24,30,33-34,36-41H,5-12,15-23,25-29H2,1-4H3,(H,58,66)(H,59,68)(H,60,67)/t33-,34-,36+,37+,38+,39-,40+,41+/m1/s1. The van der Waals surface area contributed by atoms with Crippen LogP contribution in [0.5, 0.6) is 0 Å². The molecule has 0 unspecified atom stereocenters. The lowest BCUT2D eigenvalue weighted by Gasteiger charge is -2.41. The zero-order valence-corrected chi connectivity index (χ0v) is 43.6. The average Bonchev–Trinajstić information content (AvgIpc) is 3.95. The van der Waals surface area contributed by atoms with Gasteiger partial charge in [0, 0.05) is 63.0 Å². The van der Waals surface area contributed by atoms with Crippen LogP contribution < -0.4 is 16.0 Å². The molecular weight excluding hydrogens is 1010 g/mol. The number of carbonyl (C=O) groups excluding carboxylic acids is 7. The van der Waals surface area contributed by atoms with Crippen LogP contribution in [0, 0.1) is 11.3 Å². The number of rotatable bonds is 13. The maximum atomic E-state index is 15.3. The van der Waals surface area contributed by atoms with Crippen LogP contribution >= 0.6 is 23.2 Å². The first-order valence-corrected chi connectivity index (χ1v) is 26.4. The summed E-state index contributed by atoms with van der Waals surface area (Å²) in [6.45, 7) is 5.23. The molecule has 4 aliphatic heterocycles. The number of likely N-dealkylation sites (N-methyl/N-ethyl adjacent to an activating group) is 2. The second-order valence-corrected chi connectivity index (χ2v) is 21.6. The first-order chi connectivity index (χ1) is 34.5. The Morgan fingerprint density at radius 2 is 1.62 bits per heavy atom. The number of likely N-dealkylation sites (tertiary alicyclic amines) is 1. The maximum Gasteiger partial charge on any atom is 0.403 e. The topological polar surface area (TPSA) is 181 Å². The molecule has 4 saturated heterocycles. The predicted octanol–water partition coefficient (Wildman–Crippen LogP) is 5.01. The molecular formula is C50H71Cl2F5N8O8. The van der Waals surface area contributed by atoms with Crippen molar-refractivity contribution in [2.45, 2.75) is 159 Å². The highest BCUT2D eigenvalue weighted by atomic mass is 35.5. The summed E-state index contributed by atoms with van der Waals surface area (Å²) in [5.74, 6) is -6.13. The third-order valence-corrected chi connectivity index (χ3v) is 15.8. The molecule has 73 heavy (non-hydrogen) atoms. The first-order valence-electron chi connectivity index (χ1n) is 25.6. The van der Waals surface area contributed by atoms with Gasteiger partial charge in [-0.1, -0.05) is 56.3 Å². The Balaban J connectivity index is 1.30. The molecule has 23 heteroatoms. The Bertz CT molecular complexity index is 2150. The molecule has 16 nitrogen and oxygen atoms in total. The van der Waals surface area contributed by atoms with Gasteiger partial charge in [0.1, 0.15) is 54.0 Å². The lowest BCUT2D eigenvalue weighted by Crippen LogP contribution is -2.61. The molecule has 1 aromatic carbocycles. The Kier molecular flexibility index (Phi) is 20.2. The molecule has 6 rings (SSSR count). The number of fused-ring (bicyclic) bond motifs is 1. The number of ether oxygens (including phenoxy) is 1. The first kappa shape index (κ1) is 57.9. The van der Waals surface area contributed by atoms with Crippen molar-refractivity contribution in [1.82, 2.24) is 40.4 Å². The number of halogens is 7. The Morgan fingerprint density at radius 3 is 2.29 bits per heavy atom. The van der Waals surface area contributed by atoms with E-state index < -0.39 is 134 Å². The summed E-state index contributed by atoms with van der Waals surface area (Å²) < 4.78 is 80.3. The molecule has 3 N–H and O–H groups in total. The van der Waals surface area contributed by atoms with Crippen molar-refractivity contribution in [3.8, 4) is 0 Å². The highest BCUT2D eigenvalue weighted by molar-refractivity contribution is 6.33. The summed E-state index contributed by atoms with van der Waals surface area (Å²) in [5, 5.41) is 8.81. The summed E-state index contributed by atoms with van der Waals surface area (Å²) in [6, 6.07) is -3.58. The van der Waals surface area contributed by atoms with Crippen molar-refractivity contribution in [3.63, 3.8) is 0 Å². The minimum absolute atomic E-state index is 0.0118. The third kappa shape index (κ3) is 14.1. The molecule has 1 saturated carbocycles. The predicted molar refractivity (Wildman–Crippen MR) is 262 cm³/mol. The molecule has 7 amide bonds. The minimum Gasteiger partial charge on any atom is -0.379 e. The monoisotopic (exact) mass is 1080 g/mol. The molecule has 0 bridgehead atoms. The second kappa shape index (κ2) is 25.5. The summed E-state index contributed by atoms with van der Waals surface area (Å²) in [4.78, 5) is 107. The molecule has 408 valence electrons. The van der Waals surface area contributed by atoms with Gasteiger partial charge in [0.05, 0.1) is 26.3 Å². The fraction of sp³-hybridized carbons (Fsp3) is 0.740. The van der Waals surface area contributed by atoms with Crippen LogP contribution in [0.4, 0.5) is 22.0 Å². The number of nitrogens with zero attached hydrogens (tertiary/aromatic N) is 5. The smallest absolute Gasteiger partial charge is 0.379 e. The lowest BCUT2D eigenvalue weighted by molar-refractivity contribution is -0.236.